The van der Waals surface area contributed by atoms with Crippen molar-refractivity contribution >= 4 is 49.3 Å². The fraction of sp³-hybridized carbons (Fsp3) is 0.238. The molecule has 1 aliphatic heterocycles. The number of likely N-dealkylation sites (N-methyl/N-ethyl adjacent to an activating group) is 1. The molecule has 3 rings (SSSR count). The number of carbonyl (C=O) groups is 2. The van der Waals surface area contributed by atoms with Crippen LogP contribution in [-0.4, -0.2) is 30.5 Å². The Bertz CT molecular complexity index is 998. The van der Waals surface area contributed by atoms with Gasteiger partial charge in [-0.05, 0) is 39.7 Å². The van der Waals surface area contributed by atoms with E-state index in [-0.39, 0.29) is 22.5 Å². The summed E-state index contributed by atoms with van der Waals surface area (Å²) in [6.45, 7) is 3.70. The SMILES string of the molecule is CN1C(=CC(=O)COC(=O)c2cc(Br)cc(Br)c2O)C(C)(C)c2ccccc21. The molecule has 0 atom stereocenters. The van der Waals surface area contributed by atoms with E-state index in [0.29, 0.717) is 8.95 Å². The van der Waals surface area contributed by atoms with Crippen LogP contribution in [0.25, 0.3) is 0 Å². The fourth-order valence-corrected chi connectivity index (χ4v) is 4.61. The molecule has 0 amide bonds. The zero-order valence-corrected chi connectivity index (χ0v) is 18.8. The molecule has 1 heterocycles. The lowest BCUT2D eigenvalue weighted by Crippen LogP contribution is -2.25. The highest BCUT2D eigenvalue weighted by Crippen LogP contribution is 2.46. The van der Waals surface area contributed by atoms with Crippen LogP contribution < -0.4 is 4.90 Å². The second-order valence-electron chi connectivity index (χ2n) is 7.06. The van der Waals surface area contributed by atoms with Gasteiger partial charge in [-0.2, -0.15) is 0 Å². The molecule has 0 bridgehead atoms. The molecule has 146 valence electrons. The van der Waals surface area contributed by atoms with Crippen molar-refractivity contribution in [1.29, 1.82) is 0 Å². The minimum absolute atomic E-state index is 0.0209. The third-order valence-electron chi connectivity index (χ3n) is 4.83. The first-order chi connectivity index (χ1) is 13.1. The van der Waals surface area contributed by atoms with Crippen LogP contribution in [0.1, 0.15) is 29.8 Å². The molecular weight excluding hydrogens is 490 g/mol. The van der Waals surface area contributed by atoms with Gasteiger partial charge < -0.3 is 14.7 Å². The number of phenolic OH excluding ortho intramolecular Hbond substituents is 1. The summed E-state index contributed by atoms with van der Waals surface area (Å²) in [5, 5.41) is 10.0. The molecule has 2 aromatic carbocycles. The molecule has 0 radical (unpaired) electrons. The van der Waals surface area contributed by atoms with E-state index < -0.39 is 12.6 Å². The minimum Gasteiger partial charge on any atom is -0.506 e. The number of nitrogens with zero attached hydrogens (tertiary/aromatic N) is 1. The molecule has 7 heteroatoms. The van der Waals surface area contributed by atoms with Gasteiger partial charge in [0.05, 0.1) is 4.47 Å². The second-order valence-corrected chi connectivity index (χ2v) is 8.83. The second kappa shape index (κ2) is 7.72. The lowest BCUT2D eigenvalue weighted by Gasteiger charge is -2.23. The van der Waals surface area contributed by atoms with Crippen molar-refractivity contribution in [2.75, 3.05) is 18.6 Å². The maximum atomic E-state index is 12.5. The Hall–Kier alpha value is -2.12. The molecule has 0 aromatic heterocycles. The Kier molecular flexibility index (Phi) is 5.68. The molecule has 0 saturated carbocycles. The predicted octanol–water partition coefficient (Wildman–Crippen LogP) is 4.95. The zero-order chi connectivity index (χ0) is 20.6. The van der Waals surface area contributed by atoms with Crippen LogP contribution in [-0.2, 0) is 14.9 Å². The summed E-state index contributed by atoms with van der Waals surface area (Å²) in [6, 6.07) is 11.0. The van der Waals surface area contributed by atoms with Gasteiger partial charge in [-0.15, -0.1) is 0 Å². The maximum Gasteiger partial charge on any atom is 0.342 e. The highest BCUT2D eigenvalue weighted by molar-refractivity contribution is 9.11. The Labute approximate surface area is 180 Å². The average molecular weight is 509 g/mol. The first kappa shape index (κ1) is 20.6. The molecule has 1 aliphatic rings. The number of benzene rings is 2. The smallest absolute Gasteiger partial charge is 0.342 e. The summed E-state index contributed by atoms with van der Waals surface area (Å²) in [6.07, 6.45) is 1.52. The van der Waals surface area contributed by atoms with E-state index >= 15 is 0 Å². The molecule has 2 aromatic rings. The van der Waals surface area contributed by atoms with Gasteiger partial charge in [-0.1, -0.05) is 48.0 Å². The Morgan fingerprint density at radius 2 is 1.89 bits per heavy atom. The van der Waals surface area contributed by atoms with E-state index in [2.05, 4.69) is 45.7 Å². The van der Waals surface area contributed by atoms with Gasteiger partial charge in [0.2, 0.25) is 0 Å². The number of phenols is 1. The number of hydrogen-bond acceptors (Lipinski definition) is 5. The zero-order valence-electron chi connectivity index (χ0n) is 15.6. The lowest BCUT2D eigenvalue weighted by atomic mass is 9.83. The Morgan fingerprint density at radius 1 is 1.21 bits per heavy atom. The van der Waals surface area contributed by atoms with Crippen molar-refractivity contribution in [1.82, 2.24) is 0 Å². The fourth-order valence-electron chi connectivity index (χ4n) is 3.39. The summed E-state index contributed by atoms with van der Waals surface area (Å²) in [5.74, 6) is -1.33. The van der Waals surface area contributed by atoms with Crippen molar-refractivity contribution in [2.45, 2.75) is 19.3 Å². The van der Waals surface area contributed by atoms with E-state index in [1.54, 1.807) is 6.07 Å². The van der Waals surface area contributed by atoms with Gasteiger partial charge >= 0.3 is 5.97 Å². The van der Waals surface area contributed by atoms with E-state index in [9.17, 15) is 14.7 Å². The monoisotopic (exact) mass is 507 g/mol. The first-order valence-electron chi connectivity index (χ1n) is 8.56. The summed E-state index contributed by atoms with van der Waals surface area (Å²) in [4.78, 5) is 26.7. The van der Waals surface area contributed by atoms with Crippen LogP contribution >= 0.6 is 31.9 Å². The first-order valence-corrected chi connectivity index (χ1v) is 10.1. The summed E-state index contributed by atoms with van der Waals surface area (Å²) in [7, 11) is 1.91. The number of carbonyl (C=O) groups excluding carboxylic acids is 2. The molecule has 28 heavy (non-hydrogen) atoms. The van der Waals surface area contributed by atoms with Crippen LogP contribution in [0.4, 0.5) is 5.69 Å². The van der Waals surface area contributed by atoms with Gasteiger partial charge in [-0.25, -0.2) is 4.79 Å². The van der Waals surface area contributed by atoms with Crippen LogP contribution in [0, 0.1) is 0 Å². The third kappa shape index (κ3) is 3.73. The molecular formula is C21H19Br2NO4. The summed E-state index contributed by atoms with van der Waals surface area (Å²) in [5.41, 5.74) is 2.67. The highest BCUT2D eigenvalue weighted by Gasteiger charge is 2.38. The van der Waals surface area contributed by atoms with Gasteiger partial charge in [0.25, 0.3) is 0 Å². The number of ether oxygens (including phenoxy) is 1. The van der Waals surface area contributed by atoms with Crippen molar-refractivity contribution < 1.29 is 19.4 Å². The van der Waals surface area contributed by atoms with E-state index in [4.69, 9.17) is 4.74 Å². The number of anilines is 1. The topological polar surface area (TPSA) is 66.8 Å². The number of halogens is 2. The van der Waals surface area contributed by atoms with Gasteiger partial charge in [0, 0.05) is 34.4 Å². The number of fused-ring (bicyclic) bond motifs is 1. The number of allylic oxidation sites excluding steroid dienone is 1. The van der Waals surface area contributed by atoms with Crippen molar-refractivity contribution in [3.63, 3.8) is 0 Å². The maximum absolute atomic E-state index is 12.5. The van der Waals surface area contributed by atoms with Crippen LogP contribution in [0.5, 0.6) is 5.75 Å². The number of para-hydroxylation sites is 1. The summed E-state index contributed by atoms with van der Waals surface area (Å²) >= 11 is 6.42. The van der Waals surface area contributed by atoms with Gasteiger partial charge in [0.15, 0.2) is 12.4 Å². The van der Waals surface area contributed by atoms with Crippen molar-refractivity contribution in [3.8, 4) is 5.75 Å². The van der Waals surface area contributed by atoms with E-state index in [0.717, 1.165) is 16.9 Å². The molecule has 0 saturated heterocycles. The minimum atomic E-state index is -0.770. The Morgan fingerprint density at radius 3 is 2.57 bits per heavy atom. The largest absolute Gasteiger partial charge is 0.506 e. The molecule has 0 aliphatic carbocycles. The van der Waals surface area contributed by atoms with Crippen molar-refractivity contribution in [3.05, 3.63) is 68.2 Å². The van der Waals surface area contributed by atoms with Crippen LogP contribution in [0.15, 0.2) is 57.1 Å². The number of hydrogen-bond donors (Lipinski definition) is 1. The van der Waals surface area contributed by atoms with Crippen molar-refractivity contribution in [2.24, 2.45) is 0 Å². The molecule has 0 unspecified atom stereocenters. The number of ketones is 1. The van der Waals surface area contributed by atoms with Gasteiger partial charge in [0.1, 0.15) is 11.3 Å². The lowest BCUT2D eigenvalue weighted by molar-refractivity contribution is -0.117. The molecule has 0 spiro atoms. The highest BCUT2D eigenvalue weighted by atomic mass is 79.9. The van der Waals surface area contributed by atoms with Gasteiger partial charge in [-0.3, -0.25) is 4.79 Å². The predicted molar refractivity (Wildman–Crippen MR) is 115 cm³/mol. The van der Waals surface area contributed by atoms with E-state index in [1.165, 1.54) is 12.1 Å². The third-order valence-corrected chi connectivity index (χ3v) is 5.89. The normalized spacial score (nSPS) is 16.2. The summed E-state index contributed by atoms with van der Waals surface area (Å²) < 4.78 is 6.08. The average Bonchev–Trinajstić information content (AvgIpc) is 2.84. The molecule has 1 N–H and O–H groups in total. The number of esters is 1. The number of aromatic hydroxyl groups is 1. The quantitative estimate of drug-likeness (QED) is 0.467. The molecule has 5 nitrogen and oxygen atoms in total. The van der Waals surface area contributed by atoms with E-state index in [1.807, 2.05) is 36.2 Å². The Balaban J connectivity index is 1.75. The van der Waals surface area contributed by atoms with Crippen LogP contribution in [0.2, 0.25) is 0 Å². The number of rotatable bonds is 4. The standard InChI is InChI=1S/C21H19Br2NO4/c1-21(2)15-6-4-5-7-17(15)24(3)18(21)10-13(25)11-28-20(27)14-8-12(22)9-16(23)19(14)26/h4-10,26H,11H2,1-3H3. The van der Waals surface area contributed by atoms with Crippen LogP contribution in [0.3, 0.4) is 0 Å². The molecule has 0 fully saturated rings.